The lowest BCUT2D eigenvalue weighted by molar-refractivity contribution is 0.268. The number of aliphatic hydroxyl groups is 1. The number of hydrogen-bond acceptors (Lipinski definition) is 3. The van der Waals surface area contributed by atoms with Crippen LogP contribution in [0.2, 0.25) is 0 Å². The Balaban J connectivity index is 1.84. The highest BCUT2D eigenvalue weighted by molar-refractivity contribution is 5.60. The number of fused-ring (bicyclic) bond motifs is 1. The second kappa shape index (κ2) is 4.90. The van der Waals surface area contributed by atoms with E-state index in [1.807, 2.05) is 0 Å². The third-order valence-electron chi connectivity index (χ3n) is 4.43. The number of anilines is 1. The van der Waals surface area contributed by atoms with Crippen LogP contribution in [0.1, 0.15) is 42.9 Å². The third-order valence-corrected chi connectivity index (χ3v) is 4.43. The van der Waals surface area contributed by atoms with Crippen molar-refractivity contribution in [2.75, 3.05) is 18.1 Å². The van der Waals surface area contributed by atoms with Crippen LogP contribution >= 0.6 is 0 Å². The normalized spacial score (nSPS) is 21.3. The van der Waals surface area contributed by atoms with E-state index < -0.39 is 0 Å². The van der Waals surface area contributed by atoms with E-state index in [0.29, 0.717) is 0 Å². The maximum Gasteiger partial charge on any atom is 0.0624 e. The monoisotopic (exact) mass is 246 g/mol. The van der Waals surface area contributed by atoms with Crippen molar-refractivity contribution < 1.29 is 5.11 Å². The maximum absolute atomic E-state index is 9.13. The van der Waals surface area contributed by atoms with Gasteiger partial charge in [-0.15, -0.1) is 0 Å². The van der Waals surface area contributed by atoms with Crippen LogP contribution in [0.5, 0.6) is 0 Å². The van der Waals surface area contributed by atoms with Crippen LogP contribution in [0.15, 0.2) is 18.2 Å². The zero-order chi connectivity index (χ0) is 12.5. The Kier molecular flexibility index (Phi) is 3.27. The first-order valence-electron chi connectivity index (χ1n) is 7.05. The van der Waals surface area contributed by atoms with Gasteiger partial charge in [-0.05, 0) is 36.5 Å². The Labute approximate surface area is 109 Å². The molecule has 1 aliphatic carbocycles. The lowest BCUT2D eigenvalue weighted by atomic mass is 10.0. The summed E-state index contributed by atoms with van der Waals surface area (Å²) in [6.45, 7) is 1.17. The van der Waals surface area contributed by atoms with E-state index in [1.54, 1.807) is 0 Å². The van der Waals surface area contributed by atoms with Crippen LogP contribution in [-0.2, 0) is 6.42 Å². The smallest absolute Gasteiger partial charge is 0.0624 e. The first kappa shape index (κ1) is 12.0. The van der Waals surface area contributed by atoms with Gasteiger partial charge in [0.1, 0.15) is 0 Å². The molecule has 0 radical (unpaired) electrons. The minimum absolute atomic E-state index is 0.0190. The first-order chi connectivity index (χ1) is 8.79. The fourth-order valence-electron chi connectivity index (χ4n) is 3.38. The van der Waals surface area contributed by atoms with Gasteiger partial charge in [-0.3, -0.25) is 0 Å². The molecule has 3 rings (SSSR count). The highest BCUT2D eigenvalue weighted by atomic mass is 16.3. The van der Waals surface area contributed by atoms with Crippen LogP contribution in [0, 0.1) is 0 Å². The number of nitrogens with two attached hydrogens (primary N) is 1. The summed E-state index contributed by atoms with van der Waals surface area (Å²) in [5.41, 5.74) is 9.75. The summed E-state index contributed by atoms with van der Waals surface area (Å²) in [7, 11) is 0. The summed E-state index contributed by atoms with van der Waals surface area (Å²) in [6, 6.07) is 6.98. The van der Waals surface area contributed by atoms with Crippen LogP contribution < -0.4 is 10.6 Å². The van der Waals surface area contributed by atoms with Crippen molar-refractivity contribution in [3.8, 4) is 0 Å². The molecule has 98 valence electrons. The van der Waals surface area contributed by atoms with Gasteiger partial charge >= 0.3 is 0 Å². The van der Waals surface area contributed by atoms with E-state index in [2.05, 4.69) is 23.1 Å². The van der Waals surface area contributed by atoms with Gasteiger partial charge in [0.2, 0.25) is 0 Å². The van der Waals surface area contributed by atoms with Crippen molar-refractivity contribution in [2.45, 2.75) is 44.2 Å². The lowest BCUT2D eigenvalue weighted by Crippen LogP contribution is -2.31. The molecule has 3 nitrogen and oxygen atoms in total. The Morgan fingerprint density at radius 2 is 2.11 bits per heavy atom. The standard InChI is InChI=1S/C15H22N2O/c16-14(10-18)11-5-6-15-12(9-11)7-8-17(15)13-3-1-2-4-13/h5-6,9,13-14,18H,1-4,7-8,10,16H2/t14-/m1/s1. The molecule has 1 aromatic carbocycles. The number of aliphatic hydroxyl groups excluding tert-OH is 1. The van der Waals surface area contributed by atoms with Crippen molar-refractivity contribution in [3.63, 3.8) is 0 Å². The van der Waals surface area contributed by atoms with Gasteiger partial charge in [0.05, 0.1) is 12.6 Å². The summed E-state index contributed by atoms with van der Waals surface area (Å²) < 4.78 is 0. The molecule has 2 aliphatic rings. The quantitative estimate of drug-likeness (QED) is 0.857. The predicted octanol–water partition coefficient (Wildman–Crippen LogP) is 1.98. The minimum atomic E-state index is -0.240. The summed E-state index contributed by atoms with van der Waals surface area (Å²) in [5.74, 6) is 0. The SMILES string of the molecule is N[C@H](CO)c1ccc2c(c1)CCN2C1CCCC1. The van der Waals surface area contributed by atoms with Gasteiger partial charge in [0.15, 0.2) is 0 Å². The van der Waals surface area contributed by atoms with Crippen molar-refractivity contribution in [2.24, 2.45) is 5.73 Å². The number of hydrogen-bond donors (Lipinski definition) is 2. The second-order valence-corrected chi connectivity index (χ2v) is 5.56. The molecular formula is C15H22N2O. The Morgan fingerprint density at radius 3 is 2.83 bits per heavy atom. The van der Waals surface area contributed by atoms with Crippen LogP contribution in [0.25, 0.3) is 0 Å². The summed E-state index contributed by atoms with van der Waals surface area (Å²) >= 11 is 0. The van der Waals surface area contributed by atoms with Gasteiger partial charge in [-0.1, -0.05) is 25.0 Å². The summed E-state index contributed by atoms with van der Waals surface area (Å²) in [4.78, 5) is 2.58. The van der Waals surface area contributed by atoms with Gasteiger partial charge in [0.25, 0.3) is 0 Å². The fraction of sp³-hybridized carbons (Fsp3) is 0.600. The largest absolute Gasteiger partial charge is 0.394 e. The van der Waals surface area contributed by atoms with Crippen molar-refractivity contribution in [3.05, 3.63) is 29.3 Å². The molecule has 0 spiro atoms. The molecule has 1 atom stereocenters. The van der Waals surface area contributed by atoms with Crippen molar-refractivity contribution >= 4 is 5.69 Å². The van der Waals surface area contributed by atoms with Gasteiger partial charge in [-0.25, -0.2) is 0 Å². The van der Waals surface area contributed by atoms with Crippen LogP contribution in [-0.4, -0.2) is 24.3 Å². The molecule has 1 heterocycles. The second-order valence-electron chi connectivity index (χ2n) is 5.56. The topological polar surface area (TPSA) is 49.5 Å². The molecule has 1 saturated carbocycles. The minimum Gasteiger partial charge on any atom is -0.394 e. The molecule has 1 aromatic rings. The molecular weight excluding hydrogens is 224 g/mol. The molecule has 18 heavy (non-hydrogen) atoms. The van der Waals surface area contributed by atoms with Gasteiger partial charge in [-0.2, -0.15) is 0 Å². The van der Waals surface area contributed by atoms with E-state index in [9.17, 15) is 0 Å². The Hall–Kier alpha value is -1.06. The molecule has 0 bridgehead atoms. The zero-order valence-electron chi connectivity index (χ0n) is 10.8. The zero-order valence-corrected chi connectivity index (χ0v) is 10.8. The van der Waals surface area contributed by atoms with Gasteiger partial charge < -0.3 is 15.7 Å². The Morgan fingerprint density at radius 1 is 1.33 bits per heavy atom. The van der Waals surface area contributed by atoms with Crippen LogP contribution in [0.4, 0.5) is 5.69 Å². The molecule has 3 heteroatoms. The number of nitrogens with zero attached hydrogens (tertiary/aromatic N) is 1. The van der Waals surface area contributed by atoms with Crippen molar-refractivity contribution in [1.29, 1.82) is 0 Å². The predicted molar refractivity (Wildman–Crippen MR) is 73.8 cm³/mol. The van der Waals surface area contributed by atoms with Crippen LogP contribution in [0.3, 0.4) is 0 Å². The van der Waals surface area contributed by atoms with Gasteiger partial charge in [0, 0.05) is 18.3 Å². The number of benzene rings is 1. The molecule has 0 aromatic heterocycles. The summed E-state index contributed by atoms with van der Waals surface area (Å²) in [6.07, 6.45) is 6.57. The number of rotatable bonds is 3. The van der Waals surface area contributed by atoms with E-state index in [4.69, 9.17) is 10.8 Å². The van der Waals surface area contributed by atoms with E-state index in [0.717, 1.165) is 24.6 Å². The molecule has 1 fully saturated rings. The lowest BCUT2D eigenvalue weighted by Gasteiger charge is -2.27. The highest BCUT2D eigenvalue weighted by Gasteiger charge is 2.28. The summed E-state index contributed by atoms with van der Waals surface area (Å²) in [5, 5.41) is 9.13. The molecule has 0 saturated heterocycles. The average Bonchev–Trinajstić information content (AvgIpc) is 3.05. The van der Waals surface area contributed by atoms with Crippen molar-refractivity contribution in [1.82, 2.24) is 0 Å². The molecule has 0 amide bonds. The average molecular weight is 246 g/mol. The molecule has 3 N–H and O–H groups in total. The maximum atomic E-state index is 9.13. The van der Waals surface area contributed by atoms with E-state index in [1.165, 1.54) is 36.9 Å². The third kappa shape index (κ3) is 2.02. The highest BCUT2D eigenvalue weighted by Crippen LogP contribution is 2.36. The fourth-order valence-corrected chi connectivity index (χ4v) is 3.38. The Bertz CT molecular complexity index is 427. The molecule has 0 unspecified atom stereocenters. The van der Waals surface area contributed by atoms with E-state index in [-0.39, 0.29) is 12.6 Å². The molecule has 1 aliphatic heterocycles. The van der Waals surface area contributed by atoms with E-state index >= 15 is 0 Å². The first-order valence-corrected chi connectivity index (χ1v) is 7.05.